The third-order valence-corrected chi connectivity index (χ3v) is 4.49. The Kier molecular flexibility index (Phi) is 3.77. The lowest BCUT2D eigenvalue weighted by atomic mass is 10.2. The van der Waals surface area contributed by atoms with Crippen molar-refractivity contribution >= 4 is 21.4 Å². The molecule has 1 saturated heterocycles. The van der Waals surface area contributed by atoms with Gasteiger partial charge in [-0.2, -0.15) is 0 Å². The van der Waals surface area contributed by atoms with E-state index in [1.54, 1.807) is 4.31 Å². The number of sulfonamides is 1. The first-order valence-electron chi connectivity index (χ1n) is 6.02. The van der Waals surface area contributed by atoms with Crippen LogP contribution in [0, 0.1) is 0 Å². The SMILES string of the molecule is CS(=O)(=O)N1CCCN(c2ccc(N)cc2)CC1. The average molecular weight is 269 g/mol. The Morgan fingerprint density at radius 3 is 2.33 bits per heavy atom. The van der Waals surface area contributed by atoms with Crippen LogP contribution in [-0.4, -0.2) is 45.2 Å². The minimum absolute atomic E-state index is 0.545. The van der Waals surface area contributed by atoms with Crippen LogP contribution in [0.2, 0.25) is 0 Å². The van der Waals surface area contributed by atoms with E-state index in [0.717, 1.165) is 30.9 Å². The van der Waals surface area contributed by atoms with Crippen molar-refractivity contribution in [3.05, 3.63) is 24.3 Å². The quantitative estimate of drug-likeness (QED) is 0.804. The number of hydrogen-bond acceptors (Lipinski definition) is 4. The molecule has 18 heavy (non-hydrogen) atoms. The smallest absolute Gasteiger partial charge is 0.211 e. The van der Waals surface area contributed by atoms with Gasteiger partial charge in [-0.25, -0.2) is 12.7 Å². The lowest BCUT2D eigenvalue weighted by Gasteiger charge is -2.23. The molecular weight excluding hydrogens is 250 g/mol. The van der Waals surface area contributed by atoms with E-state index in [1.165, 1.54) is 6.26 Å². The second-order valence-electron chi connectivity index (χ2n) is 4.59. The number of rotatable bonds is 2. The summed E-state index contributed by atoms with van der Waals surface area (Å²) in [4.78, 5) is 2.20. The molecule has 0 amide bonds. The normalized spacial score (nSPS) is 18.6. The molecule has 5 nitrogen and oxygen atoms in total. The van der Waals surface area contributed by atoms with E-state index in [9.17, 15) is 8.42 Å². The zero-order chi connectivity index (χ0) is 13.2. The van der Waals surface area contributed by atoms with Gasteiger partial charge in [-0.1, -0.05) is 0 Å². The Hall–Kier alpha value is -1.27. The van der Waals surface area contributed by atoms with Crippen LogP contribution in [0.3, 0.4) is 0 Å². The van der Waals surface area contributed by atoms with Gasteiger partial charge >= 0.3 is 0 Å². The molecule has 2 rings (SSSR count). The fourth-order valence-electron chi connectivity index (χ4n) is 2.17. The van der Waals surface area contributed by atoms with Crippen LogP contribution in [0.25, 0.3) is 0 Å². The molecule has 1 aromatic rings. The van der Waals surface area contributed by atoms with Crippen LogP contribution in [-0.2, 0) is 10.0 Å². The molecule has 1 aromatic carbocycles. The van der Waals surface area contributed by atoms with Gasteiger partial charge in [0.25, 0.3) is 0 Å². The molecule has 0 bridgehead atoms. The van der Waals surface area contributed by atoms with Gasteiger partial charge in [0.15, 0.2) is 0 Å². The third-order valence-electron chi connectivity index (χ3n) is 3.18. The van der Waals surface area contributed by atoms with Crippen molar-refractivity contribution in [2.75, 3.05) is 43.1 Å². The van der Waals surface area contributed by atoms with E-state index in [4.69, 9.17) is 5.73 Å². The molecule has 0 unspecified atom stereocenters. The predicted molar refractivity (Wildman–Crippen MR) is 74.1 cm³/mol. The van der Waals surface area contributed by atoms with Gasteiger partial charge in [-0.15, -0.1) is 0 Å². The van der Waals surface area contributed by atoms with Crippen molar-refractivity contribution in [3.63, 3.8) is 0 Å². The molecule has 2 N–H and O–H groups in total. The first kappa shape index (κ1) is 13.2. The summed E-state index contributed by atoms with van der Waals surface area (Å²) in [5.74, 6) is 0. The first-order valence-corrected chi connectivity index (χ1v) is 7.87. The summed E-state index contributed by atoms with van der Waals surface area (Å²) in [6, 6.07) is 7.69. The highest BCUT2D eigenvalue weighted by Crippen LogP contribution is 2.18. The van der Waals surface area contributed by atoms with Gasteiger partial charge in [-0.3, -0.25) is 0 Å². The number of hydrogen-bond donors (Lipinski definition) is 1. The highest BCUT2D eigenvalue weighted by atomic mass is 32.2. The Bertz CT molecular complexity index is 499. The maximum atomic E-state index is 11.5. The molecule has 0 radical (unpaired) electrons. The van der Waals surface area contributed by atoms with Crippen molar-refractivity contribution in [1.82, 2.24) is 4.31 Å². The molecule has 1 aliphatic rings. The van der Waals surface area contributed by atoms with Crippen molar-refractivity contribution < 1.29 is 8.42 Å². The van der Waals surface area contributed by atoms with Crippen LogP contribution >= 0.6 is 0 Å². The van der Waals surface area contributed by atoms with Crippen molar-refractivity contribution in [2.45, 2.75) is 6.42 Å². The summed E-state index contributed by atoms with van der Waals surface area (Å²) < 4.78 is 24.6. The summed E-state index contributed by atoms with van der Waals surface area (Å²) in [6.45, 7) is 2.74. The van der Waals surface area contributed by atoms with Crippen LogP contribution in [0.15, 0.2) is 24.3 Å². The van der Waals surface area contributed by atoms with E-state index >= 15 is 0 Å². The Morgan fingerprint density at radius 1 is 1.06 bits per heavy atom. The first-order chi connectivity index (χ1) is 8.47. The van der Waals surface area contributed by atoms with Gasteiger partial charge in [0.2, 0.25) is 10.0 Å². The molecule has 1 aliphatic heterocycles. The highest BCUT2D eigenvalue weighted by Gasteiger charge is 2.21. The number of nitrogens with zero attached hydrogens (tertiary/aromatic N) is 2. The van der Waals surface area contributed by atoms with Crippen LogP contribution in [0.1, 0.15) is 6.42 Å². The molecule has 0 atom stereocenters. The minimum Gasteiger partial charge on any atom is -0.399 e. The van der Waals surface area contributed by atoms with Crippen LogP contribution in [0.5, 0.6) is 0 Å². The second kappa shape index (κ2) is 5.16. The zero-order valence-electron chi connectivity index (χ0n) is 10.5. The topological polar surface area (TPSA) is 66.6 Å². The fourth-order valence-corrected chi connectivity index (χ4v) is 3.04. The summed E-state index contributed by atoms with van der Waals surface area (Å²) in [5.41, 5.74) is 7.50. The minimum atomic E-state index is -3.07. The van der Waals surface area contributed by atoms with Crippen molar-refractivity contribution in [3.8, 4) is 0 Å². The lowest BCUT2D eigenvalue weighted by molar-refractivity contribution is 0.437. The second-order valence-corrected chi connectivity index (χ2v) is 6.58. The maximum Gasteiger partial charge on any atom is 0.211 e. The molecule has 1 fully saturated rings. The number of nitrogen functional groups attached to an aromatic ring is 1. The molecule has 6 heteroatoms. The molecule has 100 valence electrons. The molecule has 0 saturated carbocycles. The van der Waals surface area contributed by atoms with Crippen LogP contribution < -0.4 is 10.6 Å². The highest BCUT2D eigenvalue weighted by molar-refractivity contribution is 7.88. The Morgan fingerprint density at radius 2 is 1.72 bits per heavy atom. The van der Waals surface area contributed by atoms with Crippen molar-refractivity contribution in [2.24, 2.45) is 0 Å². The summed E-state index contributed by atoms with van der Waals surface area (Å²) in [5, 5.41) is 0. The summed E-state index contributed by atoms with van der Waals surface area (Å²) >= 11 is 0. The summed E-state index contributed by atoms with van der Waals surface area (Å²) in [6.07, 6.45) is 2.11. The number of anilines is 2. The van der Waals surface area contributed by atoms with Gasteiger partial charge in [0.05, 0.1) is 6.26 Å². The van der Waals surface area contributed by atoms with Gasteiger partial charge < -0.3 is 10.6 Å². The largest absolute Gasteiger partial charge is 0.399 e. The Labute approximate surface area is 108 Å². The monoisotopic (exact) mass is 269 g/mol. The number of nitrogens with two attached hydrogens (primary N) is 1. The zero-order valence-corrected chi connectivity index (χ0v) is 11.4. The van der Waals surface area contributed by atoms with E-state index in [0.29, 0.717) is 13.1 Å². The third kappa shape index (κ3) is 3.14. The van der Waals surface area contributed by atoms with Crippen molar-refractivity contribution in [1.29, 1.82) is 0 Å². The molecular formula is C12H19N3O2S. The Balaban J connectivity index is 2.07. The maximum absolute atomic E-state index is 11.5. The lowest BCUT2D eigenvalue weighted by Crippen LogP contribution is -2.34. The predicted octanol–water partition coefficient (Wildman–Crippen LogP) is 0.740. The van der Waals surface area contributed by atoms with E-state index in [2.05, 4.69) is 4.90 Å². The standard InChI is InChI=1S/C12H19N3O2S/c1-18(16,17)15-8-2-7-14(9-10-15)12-5-3-11(13)4-6-12/h3-6H,2,7-10,13H2,1H3. The molecule has 0 spiro atoms. The molecule has 1 heterocycles. The van der Waals surface area contributed by atoms with Gasteiger partial charge in [-0.05, 0) is 30.7 Å². The van der Waals surface area contributed by atoms with E-state index in [1.807, 2.05) is 24.3 Å². The van der Waals surface area contributed by atoms with E-state index in [-0.39, 0.29) is 0 Å². The summed E-state index contributed by atoms with van der Waals surface area (Å²) in [7, 11) is -3.07. The van der Waals surface area contributed by atoms with Crippen LogP contribution in [0.4, 0.5) is 11.4 Å². The fraction of sp³-hybridized carbons (Fsp3) is 0.500. The molecule has 0 aliphatic carbocycles. The van der Waals surface area contributed by atoms with E-state index < -0.39 is 10.0 Å². The number of benzene rings is 1. The van der Waals surface area contributed by atoms with Gasteiger partial charge in [0.1, 0.15) is 0 Å². The van der Waals surface area contributed by atoms with Gasteiger partial charge in [0, 0.05) is 37.6 Å². The average Bonchev–Trinajstić information content (AvgIpc) is 2.55. The molecule has 0 aromatic heterocycles.